The number of carbonyl (C=O) groups excluding carboxylic acids is 1. The molecule has 0 spiro atoms. The molecule has 0 N–H and O–H groups in total. The van der Waals surface area contributed by atoms with E-state index < -0.39 is 12.6 Å². The Morgan fingerprint density at radius 3 is 2.62 bits per heavy atom. The van der Waals surface area contributed by atoms with Crippen molar-refractivity contribution in [2.75, 3.05) is 6.61 Å². The molecule has 26 heavy (non-hydrogen) atoms. The first-order valence-corrected chi connectivity index (χ1v) is 7.99. The fraction of sp³-hybridized carbons (Fsp3) is 0.200. The van der Waals surface area contributed by atoms with Crippen LogP contribution in [0, 0.1) is 20.8 Å². The van der Waals surface area contributed by atoms with E-state index in [1.807, 2.05) is 32.9 Å². The summed E-state index contributed by atoms with van der Waals surface area (Å²) in [5.74, 6) is -0.389. The SMILES string of the molecule is Cc1cc(C)c(C)c(Oc2coc3cc(OCC(=O)[O-])ccc3c2=O)c1. The first kappa shape index (κ1) is 17.5. The number of aliphatic carboxylic acids is 1. The van der Waals surface area contributed by atoms with Crippen LogP contribution >= 0.6 is 0 Å². The summed E-state index contributed by atoms with van der Waals surface area (Å²) in [5.41, 5.74) is 3.00. The van der Waals surface area contributed by atoms with Crippen LogP contribution in [-0.4, -0.2) is 12.6 Å². The maximum absolute atomic E-state index is 12.7. The quantitative estimate of drug-likeness (QED) is 0.700. The predicted octanol–water partition coefficient (Wildman–Crippen LogP) is 2.64. The molecule has 0 bridgehead atoms. The number of hydrogen-bond donors (Lipinski definition) is 0. The second-order valence-corrected chi connectivity index (χ2v) is 6.05. The Kier molecular flexibility index (Phi) is 4.67. The van der Waals surface area contributed by atoms with Gasteiger partial charge in [0.25, 0.3) is 0 Å². The molecule has 1 aromatic heterocycles. The van der Waals surface area contributed by atoms with E-state index in [4.69, 9.17) is 13.9 Å². The molecule has 0 fully saturated rings. The van der Waals surface area contributed by atoms with Crippen molar-refractivity contribution in [3.8, 4) is 17.2 Å². The summed E-state index contributed by atoms with van der Waals surface area (Å²) < 4.78 is 16.3. The van der Waals surface area contributed by atoms with Gasteiger partial charge in [-0.25, -0.2) is 0 Å². The number of fused-ring (bicyclic) bond motifs is 1. The van der Waals surface area contributed by atoms with E-state index in [-0.39, 0.29) is 22.5 Å². The van der Waals surface area contributed by atoms with E-state index >= 15 is 0 Å². The first-order chi connectivity index (χ1) is 12.3. The molecule has 0 saturated carbocycles. The molecular formula is C20H17O6-. The van der Waals surface area contributed by atoms with Crippen molar-refractivity contribution in [3.63, 3.8) is 0 Å². The van der Waals surface area contributed by atoms with Gasteiger partial charge in [0.2, 0.25) is 11.2 Å². The molecule has 0 radical (unpaired) electrons. The van der Waals surface area contributed by atoms with Gasteiger partial charge in [-0.15, -0.1) is 0 Å². The molecule has 3 aromatic rings. The lowest BCUT2D eigenvalue weighted by Crippen LogP contribution is -2.28. The number of carboxylic acids is 1. The smallest absolute Gasteiger partial charge is 0.235 e. The minimum Gasteiger partial charge on any atom is -0.546 e. The van der Waals surface area contributed by atoms with Gasteiger partial charge in [-0.2, -0.15) is 0 Å². The number of carboxylic acid groups (broad SMARTS) is 1. The van der Waals surface area contributed by atoms with Crippen LogP contribution in [0.25, 0.3) is 11.0 Å². The summed E-state index contributed by atoms with van der Waals surface area (Å²) >= 11 is 0. The van der Waals surface area contributed by atoms with Crippen LogP contribution < -0.4 is 20.0 Å². The second kappa shape index (κ2) is 6.92. The van der Waals surface area contributed by atoms with Crippen LogP contribution in [0.1, 0.15) is 16.7 Å². The second-order valence-electron chi connectivity index (χ2n) is 6.05. The molecule has 0 aliphatic carbocycles. The maximum Gasteiger partial charge on any atom is 0.235 e. The van der Waals surface area contributed by atoms with E-state index in [1.165, 1.54) is 24.5 Å². The fourth-order valence-corrected chi connectivity index (χ4v) is 2.62. The summed E-state index contributed by atoms with van der Waals surface area (Å²) in [6.45, 7) is 5.28. The third-order valence-corrected chi connectivity index (χ3v) is 4.06. The summed E-state index contributed by atoms with van der Waals surface area (Å²) in [6, 6.07) is 8.36. The van der Waals surface area contributed by atoms with Gasteiger partial charge in [-0.05, 0) is 55.7 Å². The topological polar surface area (TPSA) is 88.8 Å². The third kappa shape index (κ3) is 3.54. The van der Waals surface area contributed by atoms with Gasteiger partial charge in [-0.1, -0.05) is 6.07 Å². The van der Waals surface area contributed by atoms with E-state index in [2.05, 4.69) is 0 Å². The molecule has 0 amide bonds. The van der Waals surface area contributed by atoms with Crippen LogP contribution in [0.2, 0.25) is 0 Å². The standard InChI is InChI=1S/C20H18O6/c1-11-6-12(2)13(3)16(7-11)26-18-9-25-17-8-14(24-10-19(21)22)4-5-15(17)20(18)23/h4-9H,10H2,1-3H3,(H,21,22)/p-1. The van der Waals surface area contributed by atoms with Crippen molar-refractivity contribution in [2.24, 2.45) is 0 Å². The fourth-order valence-electron chi connectivity index (χ4n) is 2.62. The van der Waals surface area contributed by atoms with Crippen LogP contribution in [0.3, 0.4) is 0 Å². The number of ether oxygens (including phenoxy) is 2. The maximum atomic E-state index is 12.7. The van der Waals surface area contributed by atoms with E-state index in [0.717, 1.165) is 16.7 Å². The van der Waals surface area contributed by atoms with E-state index in [1.54, 1.807) is 0 Å². The van der Waals surface area contributed by atoms with Crippen LogP contribution in [-0.2, 0) is 4.79 Å². The Morgan fingerprint density at radius 1 is 1.12 bits per heavy atom. The zero-order valence-corrected chi connectivity index (χ0v) is 14.6. The molecule has 134 valence electrons. The molecule has 0 atom stereocenters. The highest BCUT2D eigenvalue weighted by atomic mass is 16.5. The number of rotatable bonds is 5. The molecule has 0 aliphatic rings. The molecule has 3 rings (SSSR count). The van der Waals surface area contributed by atoms with Crippen molar-refractivity contribution in [1.82, 2.24) is 0 Å². The summed E-state index contributed by atoms with van der Waals surface area (Å²) in [7, 11) is 0. The van der Waals surface area contributed by atoms with E-state index in [9.17, 15) is 14.7 Å². The summed E-state index contributed by atoms with van der Waals surface area (Å²) in [5, 5.41) is 10.8. The average molecular weight is 353 g/mol. The Labute approximate surface area is 149 Å². The number of hydrogen-bond acceptors (Lipinski definition) is 6. The Hall–Kier alpha value is -3.28. The van der Waals surface area contributed by atoms with E-state index in [0.29, 0.717) is 11.1 Å². The van der Waals surface area contributed by atoms with Gasteiger partial charge in [0.05, 0.1) is 11.4 Å². The third-order valence-electron chi connectivity index (χ3n) is 4.06. The monoisotopic (exact) mass is 353 g/mol. The zero-order chi connectivity index (χ0) is 18.8. The van der Waals surface area contributed by atoms with Crippen LogP contribution in [0.4, 0.5) is 0 Å². The summed E-state index contributed by atoms with van der Waals surface area (Å²) in [4.78, 5) is 23.1. The Bertz CT molecular complexity index is 1050. The molecule has 0 unspecified atom stereocenters. The number of carbonyl (C=O) groups is 1. The Morgan fingerprint density at radius 2 is 1.88 bits per heavy atom. The zero-order valence-electron chi connectivity index (χ0n) is 14.6. The van der Waals surface area contributed by atoms with Gasteiger partial charge in [0.15, 0.2) is 0 Å². The number of aryl methyl sites for hydroxylation is 2. The largest absolute Gasteiger partial charge is 0.546 e. The van der Waals surface area contributed by atoms with Crippen molar-refractivity contribution < 1.29 is 23.8 Å². The van der Waals surface area contributed by atoms with Gasteiger partial charge in [0, 0.05) is 6.07 Å². The minimum atomic E-state index is -1.33. The molecule has 6 nitrogen and oxygen atoms in total. The summed E-state index contributed by atoms with van der Waals surface area (Å²) in [6.07, 6.45) is 1.24. The highest BCUT2D eigenvalue weighted by molar-refractivity contribution is 5.79. The van der Waals surface area contributed by atoms with Gasteiger partial charge < -0.3 is 23.8 Å². The van der Waals surface area contributed by atoms with Crippen molar-refractivity contribution in [2.45, 2.75) is 20.8 Å². The average Bonchev–Trinajstić information content (AvgIpc) is 2.59. The Balaban J connectivity index is 1.96. The predicted molar refractivity (Wildman–Crippen MR) is 93.7 cm³/mol. The van der Waals surface area contributed by atoms with Crippen molar-refractivity contribution in [1.29, 1.82) is 0 Å². The lowest BCUT2D eigenvalue weighted by molar-refractivity contribution is -0.307. The van der Waals surface area contributed by atoms with Crippen molar-refractivity contribution in [3.05, 3.63) is 63.5 Å². The normalized spacial score (nSPS) is 10.7. The number of benzene rings is 2. The lowest BCUT2D eigenvalue weighted by Gasteiger charge is -2.12. The highest BCUT2D eigenvalue weighted by Crippen LogP contribution is 2.28. The molecule has 0 saturated heterocycles. The highest BCUT2D eigenvalue weighted by Gasteiger charge is 2.12. The molecular weight excluding hydrogens is 336 g/mol. The lowest BCUT2D eigenvalue weighted by atomic mass is 10.1. The molecule has 6 heteroatoms. The molecule has 0 aliphatic heterocycles. The van der Waals surface area contributed by atoms with Gasteiger partial charge >= 0.3 is 0 Å². The molecule has 2 aromatic carbocycles. The first-order valence-electron chi connectivity index (χ1n) is 7.99. The van der Waals surface area contributed by atoms with Gasteiger partial charge in [-0.3, -0.25) is 4.79 Å². The minimum absolute atomic E-state index is 0.0778. The van der Waals surface area contributed by atoms with Crippen molar-refractivity contribution >= 4 is 16.9 Å². The molecule has 1 heterocycles. The van der Waals surface area contributed by atoms with Gasteiger partial charge in [0.1, 0.15) is 30.0 Å². The van der Waals surface area contributed by atoms with Crippen LogP contribution in [0.15, 0.2) is 45.8 Å². The van der Waals surface area contributed by atoms with Crippen LogP contribution in [0.5, 0.6) is 17.2 Å².